The van der Waals surface area contributed by atoms with Gasteiger partial charge in [0.1, 0.15) is 12.6 Å². The minimum Gasteiger partial charge on any atom is -0.464 e. The monoisotopic (exact) mass is 331 g/mol. The van der Waals surface area contributed by atoms with Crippen LogP contribution in [0.25, 0.3) is 0 Å². The van der Waals surface area contributed by atoms with Crippen LogP contribution in [0.5, 0.6) is 0 Å². The Labute approximate surface area is 143 Å². The Morgan fingerprint density at radius 1 is 1.25 bits per heavy atom. The fourth-order valence-electron chi connectivity index (χ4n) is 3.02. The number of hydrogen-bond acceptors (Lipinski definition) is 4. The van der Waals surface area contributed by atoms with Crippen LogP contribution in [0.1, 0.15) is 38.2 Å². The van der Waals surface area contributed by atoms with Crippen molar-refractivity contribution >= 4 is 12.1 Å². The molecule has 2 atom stereocenters. The number of rotatable bonds is 7. The Balaban J connectivity index is 2.04. The highest BCUT2D eigenvalue weighted by Crippen LogP contribution is 2.29. The van der Waals surface area contributed by atoms with Crippen molar-refractivity contribution in [3.8, 4) is 0 Å². The van der Waals surface area contributed by atoms with Crippen LogP contribution >= 0.6 is 0 Å². The number of esters is 1. The van der Waals surface area contributed by atoms with E-state index in [1.54, 1.807) is 11.8 Å². The number of amides is 1. The topological polar surface area (TPSA) is 55.8 Å². The van der Waals surface area contributed by atoms with Gasteiger partial charge in [-0.2, -0.15) is 0 Å². The Morgan fingerprint density at radius 3 is 2.67 bits per heavy atom. The molecule has 1 aliphatic heterocycles. The van der Waals surface area contributed by atoms with E-state index in [1.165, 1.54) is 0 Å². The summed E-state index contributed by atoms with van der Waals surface area (Å²) < 4.78 is 10.5. The van der Waals surface area contributed by atoms with Crippen molar-refractivity contribution in [1.29, 1.82) is 0 Å². The predicted molar refractivity (Wildman–Crippen MR) is 91.3 cm³/mol. The van der Waals surface area contributed by atoms with Crippen molar-refractivity contribution in [2.45, 2.75) is 51.3 Å². The lowest BCUT2D eigenvalue weighted by Crippen LogP contribution is -2.45. The second-order valence-corrected chi connectivity index (χ2v) is 5.81. The van der Waals surface area contributed by atoms with Crippen LogP contribution in [-0.2, 0) is 20.9 Å². The third kappa shape index (κ3) is 4.60. The van der Waals surface area contributed by atoms with Gasteiger partial charge in [0.25, 0.3) is 0 Å². The summed E-state index contributed by atoms with van der Waals surface area (Å²) in [5.41, 5.74) is 0.917. The lowest BCUT2D eigenvalue weighted by molar-refractivity contribution is -0.148. The molecule has 130 valence electrons. The van der Waals surface area contributed by atoms with Crippen LogP contribution in [0.3, 0.4) is 0 Å². The Bertz CT molecular complexity index is 558. The maximum atomic E-state index is 12.6. The zero-order chi connectivity index (χ0) is 17.4. The van der Waals surface area contributed by atoms with Gasteiger partial charge in [-0.25, -0.2) is 9.59 Å². The van der Waals surface area contributed by atoms with Crippen molar-refractivity contribution in [2.75, 3.05) is 6.61 Å². The quantitative estimate of drug-likeness (QED) is 0.565. The van der Waals surface area contributed by atoms with Crippen LogP contribution in [-0.4, -0.2) is 35.7 Å². The van der Waals surface area contributed by atoms with Crippen LogP contribution in [0.2, 0.25) is 0 Å². The fraction of sp³-hybridized carbons (Fsp3) is 0.474. The molecule has 1 aliphatic rings. The van der Waals surface area contributed by atoms with Crippen LogP contribution in [0.4, 0.5) is 4.79 Å². The minimum atomic E-state index is -0.553. The molecule has 0 saturated carbocycles. The molecule has 1 heterocycles. The fourth-order valence-corrected chi connectivity index (χ4v) is 3.02. The summed E-state index contributed by atoms with van der Waals surface area (Å²) >= 11 is 0. The molecule has 5 heteroatoms. The maximum Gasteiger partial charge on any atom is 0.411 e. The molecule has 24 heavy (non-hydrogen) atoms. The average Bonchev–Trinajstić information content (AvgIpc) is 3.03. The first kappa shape index (κ1) is 18.0. The summed E-state index contributed by atoms with van der Waals surface area (Å²) in [7, 11) is 0. The van der Waals surface area contributed by atoms with E-state index in [-0.39, 0.29) is 18.6 Å². The van der Waals surface area contributed by atoms with E-state index >= 15 is 0 Å². The molecule has 0 aromatic heterocycles. The van der Waals surface area contributed by atoms with E-state index < -0.39 is 12.1 Å². The molecule has 5 nitrogen and oxygen atoms in total. The first-order valence-corrected chi connectivity index (χ1v) is 8.44. The maximum absolute atomic E-state index is 12.6. The van der Waals surface area contributed by atoms with E-state index in [1.807, 2.05) is 36.4 Å². The van der Waals surface area contributed by atoms with Gasteiger partial charge in [-0.05, 0) is 38.2 Å². The summed E-state index contributed by atoms with van der Waals surface area (Å²) in [6.45, 7) is 5.99. The Hall–Kier alpha value is -2.30. The number of hydrogen-bond donors (Lipinski definition) is 0. The van der Waals surface area contributed by atoms with Gasteiger partial charge in [0, 0.05) is 6.04 Å². The highest BCUT2D eigenvalue weighted by atomic mass is 16.6. The van der Waals surface area contributed by atoms with E-state index in [2.05, 4.69) is 6.58 Å². The summed E-state index contributed by atoms with van der Waals surface area (Å²) in [6, 6.07) is 8.93. The van der Waals surface area contributed by atoms with Crippen molar-refractivity contribution in [1.82, 2.24) is 4.90 Å². The molecule has 2 rings (SSSR count). The predicted octanol–water partition coefficient (Wildman–Crippen LogP) is 3.69. The van der Waals surface area contributed by atoms with Gasteiger partial charge in [0.2, 0.25) is 0 Å². The molecule has 0 radical (unpaired) electrons. The van der Waals surface area contributed by atoms with Crippen LogP contribution < -0.4 is 0 Å². The molecule has 1 saturated heterocycles. The normalized spacial score (nSPS) is 19.8. The lowest BCUT2D eigenvalue weighted by Gasteiger charge is -2.28. The van der Waals surface area contributed by atoms with Gasteiger partial charge in [0.05, 0.1) is 6.61 Å². The summed E-state index contributed by atoms with van der Waals surface area (Å²) in [5.74, 6) is -0.352. The third-order valence-corrected chi connectivity index (χ3v) is 4.18. The van der Waals surface area contributed by atoms with Gasteiger partial charge in [-0.1, -0.05) is 36.4 Å². The highest BCUT2D eigenvalue weighted by Gasteiger charge is 2.42. The molecular weight excluding hydrogens is 306 g/mol. The van der Waals surface area contributed by atoms with Crippen molar-refractivity contribution in [2.24, 2.45) is 0 Å². The molecule has 0 spiro atoms. The Morgan fingerprint density at radius 2 is 2.00 bits per heavy atom. The van der Waals surface area contributed by atoms with Crippen molar-refractivity contribution < 1.29 is 19.1 Å². The molecule has 0 N–H and O–H groups in total. The highest BCUT2D eigenvalue weighted by molar-refractivity contribution is 5.82. The van der Waals surface area contributed by atoms with Crippen LogP contribution in [0.15, 0.2) is 43.0 Å². The molecule has 0 unspecified atom stereocenters. The lowest BCUT2D eigenvalue weighted by atomic mass is 10.1. The van der Waals surface area contributed by atoms with Gasteiger partial charge in [-0.3, -0.25) is 4.90 Å². The summed E-state index contributed by atoms with van der Waals surface area (Å²) in [6.07, 6.45) is 4.33. The molecular formula is C19H25NO4. The minimum absolute atomic E-state index is 0.0133. The van der Waals surface area contributed by atoms with Crippen molar-refractivity contribution in [3.63, 3.8) is 0 Å². The molecule has 0 aliphatic carbocycles. The molecule has 0 bridgehead atoms. The SMILES string of the molecule is C=CCC[C@@H]1CC[C@H](C(=O)OCC)N1C(=O)OCc1ccccc1. The van der Waals surface area contributed by atoms with Gasteiger partial charge in [0.15, 0.2) is 0 Å². The second-order valence-electron chi connectivity index (χ2n) is 5.81. The van der Waals surface area contributed by atoms with E-state index in [0.29, 0.717) is 13.0 Å². The van der Waals surface area contributed by atoms with Gasteiger partial charge in [-0.15, -0.1) is 6.58 Å². The summed E-state index contributed by atoms with van der Waals surface area (Å²) in [4.78, 5) is 26.3. The largest absolute Gasteiger partial charge is 0.464 e. The molecule has 1 fully saturated rings. The number of carbonyl (C=O) groups is 2. The number of benzene rings is 1. The second kappa shape index (κ2) is 9.11. The zero-order valence-corrected chi connectivity index (χ0v) is 14.1. The first-order valence-electron chi connectivity index (χ1n) is 8.44. The van der Waals surface area contributed by atoms with Crippen molar-refractivity contribution in [3.05, 3.63) is 48.6 Å². The number of nitrogens with zero attached hydrogens (tertiary/aromatic N) is 1. The first-order chi connectivity index (χ1) is 11.7. The standard InChI is InChI=1S/C19H25NO4/c1-3-5-11-16-12-13-17(18(21)23-4-2)20(16)19(22)24-14-15-9-7-6-8-10-15/h3,6-10,16-17H,1,4-5,11-14H2,2H3/t16-,17-/m1/s1. The van der Waals surface area contributed by atoms with E-state index in [0.717, 1.165) is 24.8 Å². The van der Waals surface area contributed by atoms with E-state index in [4.69, 9.17) is 9.47 Å². The van der Waals surface area contributed by atoms with Crippen LogP contribution in [0, 0.1) is 0 Å². The summed E-state index contributed by atoms with van der Waals surface area (Å²) in [5, 5.41) is 0. The van der Waals surface area contributed by atoms with Gasteiger partial charge >= 0.3 is 12.1 Å². The van der Waals surface area contributed by atoms with E-state index in [9.17, 15) is 9.59 Å². The molecule has 1 aromatic carbocycles. The average molecular weight is 331 g/mol. The molecule has 1 amide bonds. The third-order valence-electron chi connectivity index (χ3n) is 4.18. The smallest absolute Gasteiger partial charge is 0.411 e. The number of carbonyl (C=O) groups excluding carboxylic acids is 2. The Kier molecular flexibility index (Phi) is 6.85. The zero-order valence-electron chi connectivity index (χ0n) is 14.1. The molecule has 1 aromatic rings. The number of allylic oxidation sites excluding steroid dienone is 1. The number of ether oxygens (including phenoxy) is 2. The van der Waals surface area contributed by atoms with Gasteiger partial charge < -0.3 is 9.47 Å². The number of likely N-dealkylation sites (tertiary alicyclic amines) is 1.